The number of aryl methyl sites for hydroxylation is 1. The third-order valence-corrected chi connectivity index (χ3v) is 9.39. The highest BCUT2D eigenvalue weighted by Gasteiger charge is 2.26. The molecule has 4 aromatic rings. The monoisotopic (exact) mass is 617 g/mol. The Bertz CT molecular complexity index is 1570. The quantitative estimate of drug-likeness (QED) is 0.118. The molecule has 44 heavy (non-hydrogen) atoms. The molecule has 5 rings (SSSR count). The fourth-order valence-corrected chi connectivity index (χ4v) is 6.59. The van der Waals surface area contributed by atoms with Crippen molar-refractivity contribution in [3.05, 3.63) is 95.6 Å². The Balaban J connectivity index is 1.11. The van der Waals surface area contributed by atoms with Crippen LogP contribution < -0.4 is 14.9 Å². The molecule has 1 aliphatic heterocycles. The SMILES string of the molecule is CCCCCCCCc1cnc(N2CCc3cc(S(=O)(=O)Nc4ccc(CCNC[C@H](O)c5cccnc5)cc4)ccc32)o1. The minimum absolute atomic E-state index is 0.231. The molecule has 0 saturated heterocycles. The molecule has 2 aromatic carbocycles. The molecule has 3 N–H and O–H groups in total. The number of aliphatic hydroxyl groups excluding tert-OH is 1. The molecule has 9 nitrogen and oxygen atoms in total. The summed E-state index contributed by atoms with van der Waals surface area (Å²) in [6, 6.07) is 16.8. The molecule has 0 saturated carbocycles. The van der Waals surface area contributed by atoms with Crippen molar-refractivity contribution in [2.24, 2.45) is 0 Å². The van der Waals surface area contributed by atoms with Crippen LogP contribution in [0.1, 0.15) is 74.0 Å². The molecule has 1 atom stereocenters. The van der Waals surface area contributed by atoms with Gasteiger partial charge in [-0.05, 0) is 73.3 Å². The van der Waals surface area contributed by atoms with Gasteiger partial charge in [0.2, 0.25) is 0 Å². The van der Waals surface area contributed by atoms with Crippen LogP contribution >= 0.6 is 0 Å². The zero-order chi connectivity index (χ0) is 30.8. The Labute approximate surface area is 260 Å². The van der Waals surface area contributed by atoms with Crippen LogP contribution in [0.5, 0.6) is 0 Å². The van der Waals surface area contributed by atoms with Gasteiger partial charge in [0, 0.05) is 48.8 Å². The Hall–Kier alpha value is -3.73. The van der Waals surface area contributed by atoms with E-state index in [1.807, 2.05) is 35.4 Å². The number of aliphatic hydroxyl groups is 1. The number of sulfonamides is 1. The minimum atomic E-state index is -3.75. The zero-order valence-electron chi connectivity index (χ0n) is 25.4. The smallest absolute Gasteiger partial charge is 0.302 e. The number of nitrogens with one attached hydrogen (secondary N) is 2. The number of hydrogen-bond donors (Lipinski definition) is 3. The van der Waals surface area contributed by atoms with E-state index >= 15 is 0 Å². The Morgan fingerprint density at radius 3 is 2.61 bits per heavy atom. The molecule has 234 valence electrons. The molecular weight excluding hydrogens is 574 g/mol. The van der Waals surface area contributed by atoms with Crippen LogP contribution in [0, 0.1) is 0 Å². The number of hydrogen-bond acceptors (Lipinski definition) is 8. The van der Waals surface area contributed by atoms with Crippen molar-refractivity contribution < 1.29 is 17.9 Å². The maximum atomic E-state index is 13.2. The summed E-state index contributed by atoms with van der Waals surface area (Å²) >= 11 is 0. The summed E-state index contributed by atoms with van der Waals surface area (Å²) in [5.74, 6) is 0.897. The lowest BCUT2D eigenvalue weighted by atomic mass is 10.1. The normalized spacial score (nSPS) is 13.6. The maximum absolute atomic E-state index is 13.2. The first-order valence-electron chi connectivity index (χ1n) is 15.7. The van der Waals surface area contributed by atoms with E-state index in [0.717, 1.165) is 53.8 Å². The van der Waals surface area contributed by atoms with E-state index in [2.05, 4.69) is 26.9 Å². The molecular formula is C34H43N5O4S. The average Bonchev–Trinajstić information content (AvgIpc) is 3.69. The van der Waals surface area contributed by atoms with Crippen molar-refractivity contribution in [3.63, 3.8) is 0 Å². The first-order valence-corrected chi connectivity index (χ1v) is 17.2. The van der Waals surface area contributed by atoms with Crippen LogP contribution in [0.2, 0.25) is 0 Å². The van der Waals surface area contributed by atoms with Crippen molar-refractivity contribution >= 4 is 27.4 Å². The molecule has 0 unspecified atom stereocenters. The molecule has 2 aromatic heterocycles. The number of fused-ring (bicyclic) bond motifs is 1. The molecule has 0 bridgehead atoms. The first kappa shape index (κ1) is 31.7. The lowest BCUT2D eigenvalue weighted by Crippen LogP contribution is -2.23. The minimum Gasteiger partial charge on any atom is -0.428 e. The number of oxazole rings is 1. The largest absolute Gasteiger partial charge is 0.428 e. The maximum Gasteiger partial charge on any atom is 0.302 e. The number of pyridine rings is 1. The van der Waals surface area contributed by atoms with Crippen molar-refractivity contribution in [3.8, 4) is 0 Å². The predicted molar refractivity (Wildman–Crippen MR) is 174 cm³/mol. The summed E-state index contributed by atoms with van der Waals surface area (Å²) in [5.41, 5.74) is 4.24. The van der Waals surface area contributed by atoms with Gasteiger partial charge in [0.1, 0.15) is 5.76 Å². The second kappa shape index (κ2) is 15.3. The zero-order valence-corrected chi connectivity index (χ0v) is 26.2. The predicted octanol–water partition coefficient (Wildman–Crippen LogP) is 6.33. The third kappa shape index (κ3) is 8.46. The highest BCUT2D eigenvalue weighted by Crippen LogP contribution is 2.36. The van der Waals surface area contributed by atoms with Gasteiger partial charge in [0.15, 0.2) is 0 Å². The van der Waals surface area contributed by atoms with Gasteiger partial charge in [-0.3, -0.25) is 14.6 Å². The van der Waals surface area contributed by atoms with E-state index in [9.17, 15) is 13.5 Å². The molecule has 0 amide bonds. The summed E-state index contributed by atoms with van der Waals surface area (Å²) in [6.45, 7) is 4.04. The molecule has 0 fully saturated rings. The van der Waals surface area contributed by atoms with E-state index in [1.54, 1.807) is 42.7 Å². The van der Waals surface area contributed by atoms with Crippen molar-refractivity contribution in [1.82, 2.24) is 15.3 Å². The van der Waals surface area contributed by atoms with Crippen molar-refractivity contribution in [2.45, 2.75) is 75.7 Å². The van der Waals surface area contributed by atoms with Gasteiger partial charge >= 0.3 is 6.01 Å². The van der Waals surface area contributed by atoms with Crippen LogP contribution in [-0.4, -0.2) is 43.1 Å². The van der Waals surface area contributed by atoms with Gasteiger partial charge in [-0.15, -0.1) is 0 Å². The number of benzene rings is 2. The molecule has 0 aliphatic carbocycles. The fraction of sp³-hybridized carbons (Fsp3) is 0.412. The summed E-state index contributed by atoms with van der Waals surface area (Å²) < 4.78 is 35.2. The van der Waals surface area contributed by atoms with Gasteiger partial charge in [0.25, 0.3) is 10.0 Å². The summed E-state index contributed by atoms with van der Waals surface area (Å²) in [5, 5.41) is 13.5. The number of aromatic nitrogens is 2. The van der Waals surface area contributed by atoms with Crippen molar-refractivity contribution in [1.29, 1.82) is 0 Å². The van der Waals surface area contributed by atoms with E-state index in [-0.39, 0.29) is 4.90 Å². The number of anilines is 3. The second-order valence-electron chi connectivity index (χ2n) is 11.4. The number of nitrogens with zero attached hydrogens (tertiary/aromatic N) is 3. The standard InChI is InChI=1S/C34H43N5O4S/c1-2-3-4-5-6-7-10-30-24-37-34(43-30)39-21-18-27-22-31(15-16-32(27)39)44(41,42)38-29-13-11-26(12-14-29)17-20-36-25-33(40)28-9-8-19-35-23-28/h8-9,11-16,19,22-24,33,36,38,40H,2-7,10,17-18,20-21,25H2,1H3/t33-/m0/s1. The first-order chi connectivity index (χ1) is 21.4. The Kier molecular flexibility index (Phi) is 11.0. The molecule has 0 spiro atoms. The summed E-state index contributed by atoms with van der Waals surface area (Å²) in [7, 11) is -3.75. The van der Waals surface area contributed by atoms with Gasteiger partial charge in [-0.1, -0.05) is 57.2 Å². The topological polar surface area (TPSA) is 121 Å². The van der Waals surface area contributed by atoms with Crippen LogP contribution in [0.15, 0.2) is 82.5 Å². The highest BCUT2D eigenvalue weighted by atomic mass is 32.2. The van der Waals surface area contributed by atoms with Gasteiger partial charge in [-0.25, -0.2) is 13.4 Å². The lowest BCUT2D eigenvalue weighted by molar-refractivity contribution is 0.174. The average molecular weight is 618 g/mol. The van der Waals surface area contributed by atoms with Gasteiger partial charge < -0.3 is 14.8 Å². The van der Waals surface area contributed by atoms with E-state index < -0.39 is 16.1 Å². The number of unbranched alkanes of at least 4 members (excludes halogenated alkanes) is 5. The van der Waals surface area contributed by atoms with Crippen LogP contribution in [-0.2, 0) is 29.3 Å². The molecule has 10 heteroatoms. The van der Waals surface area contributed by atoms with E-state index in [1.165, 1.54) is 32.1 Å². The van der Waals surface area contributed by atoms with E-state index in [4.69, 9.17) is 4.42 Å². The lowest BCUT2D eigenvalue weighted by Gasteiger charge is -2.15. The van der Waals surface area contributed by atoms with Crippen LogP contribution in [0.3, 0.4) is 0 Å². The summed E-state index contributed by atoms with van der Waals surface area (Å²) in [4.78, 5) is 10.8. The van der Waals surface area contributed by atoms with Crippen LogP contribution in [0.25, 0.3) is 0 Å². The number of rotatable bonds is 17. The second-order valence-corrected chi connectivity index (χ2v) is 13.1. The third-order valence-electron chi connectivity index (χ3n) is 8.01. The van der Waals surface area contributed by atoms with Crippen molar-refractivity contribution in [2.75, 3.05) is 29.3 Å². The van der Waals surface area contributed by atoms with Gasteiger partial charge in [0.05, 0.1) is 17.2 Å². The molecule has 3 heterocycles. The fourth-order valence-electron chi connectivity index (χ4n) is 5.48. The molecule has 0 radical (unpaired) electrons. The van der Waals surface area contributed by atoms with Crippen LogP contribution in [0.4, 0.5) is 17.4 Å². The highest BCUT2D eigenvalue weighted by molar-refractivity contribution is 7.92. The Morgan fingerprint density at radius 2 is 1.82 bits per heavy atom. The Morgan fingerprint density at radius 1 is 1.00 bits per heavy atom. The van der Waals surface area contributed by atoms with E-state index in [0.29, 0.717) is 31.3 Å². The van der Waals surface area contributed by atoms with Gasteiger partial charge in [-0.2, -0.15) is 0 Å². The molecule has 1 aliphatic rings. The summed E-state index contributed by atoms with van der Waals surface area (Å²) in [6.07, 6.45) is 14.3.